The molecule has 1 rings (SSSR count). The first kappa shape index (κ1) is 9.30. The van der Waals surface area contributed by atoms with E-state index in [1.807, 2.05) is 6.92 Å². The van der Waals surface area contributed by atoms with E-state index in [2.05, 4.69) is 13.8 Å². The maximum absolute atomic E-state index is 11.3. The molecule has 0 amide bonds. The van der Waals surface area contributed by atoms with Crippen LogP contribution < -0.4 is 0 Å². The lowest BCUT2D eigenvalue weighted by Crippen LogP contribution is -2.03. The molecule has 12 heavy (non-hydrogen) atoms. The Morgan fingerprint density at radius 2 is 2.08 bits per heavy atom. The predicted molar refractivity (Wildman–Crippen MR) is 47.7 cm³/mol. The Kier molecular flexibility index (Phi) is 2.90. The Balaban J connectivity index is 2.52. The average molecular weight is 168 g/mol. The minimum atomic E-state index is -0.0961. The van der Waals surface area contributed by atoms with E-state index in [4.69, 9.17) is 4.74 Å². The van der Waals surface area contributed by atoms with E-state index in [0.29, 0.717) is 12.5 Å². The molecule has 0 bridgehead atoms. The Labute approximate surface area is 73.6 Å². The summed E-state index contributed by atoms with van der Waals surface area (Å²) in [6.45, 7) is 6.51. The third-order valence-electron chi connectivity index (χ3n) is 2.32. The molecule has 0 saturated heterocycles. The van der Waals surface area contributed by atoms with E-state index in [1.165, 1.54) is 5.57 Å². The van der Waals surface area contributed by atoms with Gasteiger partial charge in [0.25, 0.3) is 0 Å². The lowest BCUT2D eigenvalue weighted by Gasteiger charge is -1.96. The van der Waals surface area contributed by atoms with Crippen molar-refractivity contribution < 1.29 is 9.53 Å². The summed E-state index contributed by atoms with van der Waals surface area (Å²) >= 11 is 0. The highest BCUT2D eigenvalue weighted by atomic mass is 16.5. The second-order valence-electron chi connectivity index (χ2n) is 2.97. The van der Waals surface area contributed by atoms with E-state index in [0.717, 1.165) is 18.4 Å². The minimum Gasteiger partial charge on any atom is -0.463 e. The van der Waals surface area contributed by atoms with Crippen molar-refractivity contribution in [1.29, 1.82) is 0 Å². The number of hydrogen-bond acceptors (Lipinski definition) is 2. The van der Waals surface area contributed by atoms with Gasteiger partial charge >= 0.3 is 5.97 Å². The molecule has 0 aromatic carbocycles. The molecule has 1 unspecified atom stereocenters. The van der Waals surface area contributed by atoms with Crippen molar-refractivity contribution >= 4 is 5.97 Å². The molecule has 68 valence electrons. The second kappa shape index (κ2) is 3.74. The van der Waals surface area contributed by atoms with Gasteiger partial charge in [-0.2, -0.15) is 0 Å². The maximum atomic E-state index is 11.3. The first-order valence-electron chi connectivity index (χ1n) is 4.66. The van der Waals surface area contributed by atoms with Gasteiger partial charge in [-0.3, -0.25) is 0 Å². The fourth-order valence-electron chi connectivity index (χ4n) is 1.69. The van der Waals surface area contributed by atoms with E-state index in [9.17, 15) is 4.79 Å². The van der Waals surface area contributed by atoms with Gasteiger partial charge in [-0.25, -0.2) is 4.79 Å². The van der Waals surface area contributed by atoms with Crippen LogP contribution in [0.3, 0.4) is 0 Å². The van der Waals surface area contributed by atoms with Gasteiger partial charge in [0.1, 0.15) is 0 Å². The van der Waals surface area contributed by atoms with Crippen molar-refractivity contribution in [2.75, 3.05) is 6.61 Å². The fourth-order valence-corrected chi connectivity index (χ4v) is 1.69. The van der Waals surface area contributed by atoms with E-state index in [1.54, 1.807) is 0 Å². The summed E-state index contributed by atoms with van der Waals surface area (Å²) in [5.41, 5.74) is 2.25. The number of hydrogen-bond donors (Lipinski definition) is 0. The molecule has 0 N–H and O–H groups in total. The van der Waals surface area contributed by atoms with Crippen molar-refractivity contribution in [1.82, 2.24) is 0 Å². The largest absolute Gasteiger partial charge is 0.463 e. The molecule has 0 aliphatic heterocycles. The summed E-state index contributed by atoms with van der Waals surface area (Å²) in [6, 6.07) is 0. The molecule has 1 aliphatic carbocycles. The minimum absolute atomic E-state index is 0.0961. The summed E-state index contributed by atoms with van der Waals surface area (Å²) in [6.07, 6.45) is 2.03. The predicted octanol–water partition coefficient (Wildman–Crippen LogP) is 2.30. The average Bonchev–Trinajstić information content (AvgIpc) is 2.77. The van der Waals surface area contributed by atoms with Gasteiger partial charge in [0.15, 0.2) is 0 Å². The highest BCUT2D eigenvalue weighted by molar-refractivity contribution is 5.96. The molecule has 0 heterocycles. The summed E-state index contributed by atoms with van der Waals surface area (Å²) in [4.78, 5) is 11.3. The van der Waals surface area contributed by atoms with Crippen molar-refractivity contribution in [3.63, 3.8) is 0 Å². The molecule has 0 spiro atoms. The van der Waals surface area contributed by atoms with Crippen molar-refractivity contribution in [2.45, 2.75) is 33.6 Å². The van der Waals surface area contributed by atoms with E-state index >= 15 is 0 Å². The van der Waals surface area contributed by atoms with Gasteiger partial charge < -0.3 is 4.74 Å². The van der Waals surface area contributed by atoms with E-state index < -0.39 is 0 Å². The zero-order valence-corrected chi connectivity index (χ0v) is 8.02. The Morgan fingerprint density at radius 1 is 1.42 bits per heavy atom. The highest BCUT2D eigenvalue weighted by Gasteiger charge is 2.39. The molecular formula is C10H16O2. The van der Waals surface area contributed by atoms with Gasteiger partial charge in [0.2, 0.25) is 0 Å². The third-order valence-corrected chi connectivity index (χ3v) is 2.32. The van der Waals surface area contributed by atoms with Crippen molar-refractivity contribution in [3.8, 4) is 0 Å². The fraction of sp³-hybridized carbons (Fsp3) is 0.700. The van der Waals surface area contributed by atoms with Crippen LogP contribution >= 0.6 is 0 Å². The SMILES string of the molecule is CCOC(=O)C1=C(CC)C1CC. The van der Waals surface area contributed by atoms with Crippen LogP contribution in [0, 0.1) is 5.92 Å². The van der Waals surface area contributed by atoms with Gasteiger partial charge in [-0.05, 0) is 19.8 Å². The number of carbonyl (C=O) groups is 1. The molecule has 0 aromatic heterocycles. The Bertz CT molecular complexity index is 216. The number of carbonyl (C=O) groups excluding carboxylic acids is 1. The number of ether oxygens (including phenoxy) is 1. The highest BCUT2D eigenvalue weighted by Crippen LogP contribution is 2.44. The van der Waals surface area contributed by atoms with Gasteiger partial charge in [0.05, 0.1) is 6.61 Å². The van der Waals surface area contributed by atoms with Crippen LogP contribution in [0.2, 0.25) is 0 Å². The molecular weight excluding hydrogens is 152 g/mol. The standard InChI is InChI=1S/C10H16O2/c1-4-7-8(5-2)9(7)10(11)12-6-3/h7H,4-6H2,1-3H3. The summed E-state index contributed by atoms with van der Waals surface area (Å²) in [7, 11) is 0. The first-order chi connectivity index (χ1) is 5.76. The van der Waals surface area contributed by atoms with Crippen LogP contribution in [0.1, 0.15) is 33.6 Å². The third kappa shape index (κ3) is 1.52. The molecule has 1 aliphatic rings. The molecule has 0 fully saturated rings. The number of rotatable bonds is 4. The van der Waals surface area contributed by atoms with Gasteiger partial charge in [0, 0.05) is 11.5 Å². The molecule has 0 radical (unpaired) electrons. The van der Waals surface area contributed by atoms with Crippen LogP contribution in [-0.4, -0.2) is 12.6 Å². The summed E-state index contributed by atoms with van der Waals surface area (Å²) < 4.78 is 4.93. The lowest BCUT2D eigenvalue weighted by atomic mass is 10.2. The molecule has 0 saturated carbocycles. The Morgan fingerprint density at radius 3 is 2.42 bits per heavy atom. The number of esters is 1. The van der Waals surface area contributed by atoms with Crippen molar-refractivity contribution in [3.05, 3.63) is 11.1 Å². The molecule has 2 nitrogen and oxygen atoms in total. The quantitative estimate of drug-likeness (QED) is 0.602. The first-order valence-corrected chi connectivity index (χ1v) is 4.66. The summed E-state index contributed by atoms with van der Waals surface area (Å²) in [5, 5.41) is 0. The van der Waals surface area contributed by atoms with Crippen molar-refractivity contribution in [2.24, 2.45) is 5.92 Å². The monoisotopic (exact) mass is 168 g/mol. The van der Waals surface area contributed by atoms with Crippen LogP contribution in [0.5, 0.6) is 0 Å². The Hall–Kier alpha value is -0.790. The number of allylic oxidation sites excluding steroid dienone is 1. The normalized spacial score (nSPS) is 21.1. The zero-order chi connectivity index (χ0) is 9.14. The van der Waals surface area contributed by atoms with Crippen LogP contribution in [0.15, 0.2) is 11.1 Å². The van der Waals surface area contributed by atoms with Gasteiger partial charge in [-0.1, -0.05) is 19.4 Å². The molecule has 1 atom stereocenters. The summed E-state index contributed by atoms with van der Waals surface area (Å²) in [5.74, 6) is 0.343. The van der Waals surface area contributed by atoms with Crippen LogP contribution in [-0.2, 0) is 9.53 Å². The molecule has 2 heteroatoms. The second-order valence-corrected chi connectivity index (χ2v) is 2.97. The maximum Gasteiger partial charge on any atom is 0.334 e. The topological polar surface area (TPSA) is 26.3 Å². The molecule has 0 aromatic rings. The zero-order valence-electron chi connectivity index (χ0n) is 8.02. The lowest BCUT2D eigenvalue weighted by molar-refractivity contribution is -0.138. The van der Waals surface area contributed by atoms with Crippen LogP contribution in [0.25, 0.3) is 0 Å². The van der Waals surface area contributed by atoms with E-state index in [-0.39, 0.29) is 5.97 Å². The van der Waals surface area contributed by atoms with Crippen LogP contribution in [0.4, 0.5) is 0 Å². The smallest absolute Gasteiger partial charge is 0.334 e. The van der Waals surface area contributed by atoms with Gasteiger partial charge in [-0.15, -0.1) is 0 Å².